The molecule has 5 aromatic rings. The van der Waals surface area contributed by atoms with Gasteiger partial charge in [-0.25, -0.2) is 8.42 Å². The molecule has 0 N–H and O–H groups in total. The van der Waals surface area contributed by atoms with Gasteiger partial charge in [0.15, 0.2) is 0 Å². The summed E-state index contributed by atoms with van der Waals surface area (Å²) < 4.78 is 27.0. The molecule has 0 radical (unpaired) electrons. The van der Waals surface area contributed by atoms with E-state index in [0.717, 1.165) is 39.3 Å². The van der Waals surface area contributed by atoms with Crippen LogP contribution in [0.15, 0.2) is 125 Å². The van der Waals surface area contributed by atoms with E-state index in [1.165, 1.54) is 11.1 Å². The van der Waals surface area contributed by atoms with Gasteiger partial charge in [-0.1, -0.05) is 86.6 Å². The Bertz CT molecular complexity index is 1770. The Morgan fingerprint density at radius 2 is 1.11 bits per heavy atom. The van der Waals surface area contributed by atoms with Gasteiger partial charge in [-0.15, -0.1) is 0 Å². The number of hydrogen-bond acceptors (Lipinski definition) is 3. The normalized spacial score (nSPS) is 15.9. The molecule has 0 amide bonds. The standard InChI is InChI=1S/C33H25NO2S/c1-33(2)27-12-6-8-14-29(27)34(30-15-9-7-13-28(30)33)24-17-19-32-26(21-24)25-20-23(22-10-4-3-5-11-22)16-18-31(25)37(32,35)36/h3-21H,1-2H3. The molecule has 0 saturated heterocycles. The molecule has 0 aliphatic carbocycles. The Hall–Kier alpha value is -4.15. The molecule has 2 aliphatic heterocycles. The second-order valence-corrected chi connectivity index (χ2v) is 12.1. The van der Waals surface area contributed by atoms with Gasteiger partial charge in [0.2, 0.25) is 9.84 Å². The zero-order valence-electron chi connectivity index (χ0n) is 20.6. The average Bonchev–Trinajstić information content (AvgIpc) is 3.15. The van der Waals surface area contributed by atoms with E-state index in [1.54, 1.807) is 12.1 Å². The number of benzene rings is 5. The van der Waals surface area contributed by atoms with Crippen molar-refractivity contribution < 1.29 is 8.42 Å². The second-order valence-electron chi connectivity index (χ2n) is 10.3. The lowest BCUT2D eigenvalue weighted by molar-refractivity contribution is 0.598. The maximum Gasteiger partial charge on any atom is 0.207 e. The van der Waals surface area contributed by atoms with Gasteiger partial charge in [-0.3, -0.25) is 0 Å². The van der Waals surface area contributed by atoms with E-state index >= 15 is 0 Å². The van der Waals surface area contributed by atoms with Crippen molar-refractivity contribution in [2.45, 2.75) is 29.1 Å². The fourth-order valence-corrected chi connectivity index (χ4v) is 7.60. The molecule has 3 nitrogen and oxygen atoms in total. The van der Waals surface area contributed by atoms with Crippen LogP contribution in [0.25, 0.3) is 22.3 Å². The summed E-state index contributed by atoms with van der Waals surface area (Å²) in [5.41, 5.74) is 9.10. The fourth-order valence-electron chi connectivity index (χ4n) is 5.95. The molecule has 0 aromatic heterocycles. The molecule has 7 rings (SSSR count). The summed E-state index contributed by atoms with van der Waals surface area (Å²) in [6.07, 6.45) is 0. The molecule has 0 atom stereocenters. The van der Waals surface area contributed by atoms with Gasteiger partial charge in [-0.05, 0) is 64.7 Å². The summed E-state index contributed by atoms with van der Waals surface area (Å²) >= 11 is 0. The minimum atomic E-state index is -3.57. The van der Waals surface area contributed by atoms with E-state index in [-0.39, 0.29) is 5.41 Å². The first kappa shape index (κ1) is 22.1. The number of anilines is 3. The van der Waals surface area contributed by atoms with Crippen LogP contribution in [0.5, 0.6) is 0 Å². The Morgan fingerprint density at radius 1 is 0.568 bits per heavy atom. The van der Waals surface area contributed by atoms with E-state index in [4.69, 9.17) is 0 Å². The Balaban J connectivity index is 1.46. The van der Waals surface area contributed by atoms with Crippen LogP contribution in [0.1, 0.15) is 25.0 Å². The smallest absolute Gasteiger partial charge is 0.207 e. The van der Waals surface area contributed by atoms with Crippen molar-refractivity contribution in [3.05, 3.63) is 126 Å². The number of sulfone groups is 1. The highest BCUT2D eigenvalue weighted by Gasteiger charge is 2.38. The molecule has 0 saturated carbocycles. The number of fused-ring (bicyclic) bond motifs is 5. The largest absolute Gasteiger partial charge is 0.310 e. The third-order valence-corrected chi connectivity index (χ3v) is 9.68. The second kappa shape index (κ2) is 7.67. The average molecular weight is 500 g/mol. The summed E-state index contributed by atoms with van der Waals surface area (Å²) in [7, 11) is -3.57. The van der Waals surface area contributed by atoms with Crippen LogP contribution in [0.2, 0.25) is 0 Å². The van der Waals surface area contributed by atoms with Crippen LogP contribution >= 0.6 is 0 Å². The minimum Gasteiger partial charge on any atom is -0.310 e. The molecular weight excluding hydrogens is 474 g/mol. The minimum absolute atomic E-state index is 0.152. The number of nitrogens with zero attached hydrogens (tertiary/aromatic N) is 1. The lowest BCUT2D eigenvalue weighted by Crippen LogP contribution is -2.30. The predicted molar refractivity (Wildman–Crippen MR) is 150 cm³/mol. The van der Waals surface area contributed by atoms with E-state index < -0.39 is 9.84 Å². The highest BCUT2D eigenvalue weighted by Crippen LogP contribution is 2.53. The van der Waals surface area contributed by atoms with Gasteiger partial charge in [0.1, 0.15) is 0 Å². The molecule has 0 unspecified atom stereocenters. The summed E-state index contributed by atoms with van der Waals surface area (Å²) in [6.45, 7) is 4.53. The topological polar surface area (TPSA) is 37.4 Å². The monoisotopic (exact) mass is 499 g/mol. The van der Waals surface area contributed by atoms with Crippen molar-refractivity contribution in [3.63, 3.8) is 0 Å². The van der Waals surface area contributed by atoms with Gasteiger partial charge in [0.05, 0.1) is 21.2 Å². The third kappa shape index (κ3) is 3.09. The van der Waals surface area contributed by atoms with Gasteiger partial charge >= 0.3 is 0 Å². The Kier molecular flexibility index (Phi) is 4.58. The summed E-state index contributed by atoms with van der Waals surface area (Å²) in [6, 6.07) is 38.5. The van der Waals surface area contributed by atoms with E-state index in [9.17, 15) is 8.42 Å². The first-order valence-electron chi connectivity index (χ1n) is 12.5. The highest BCUT2D eigenvalue weighted by atomic mass is 32.2. The number of para-hydroxylation sites is 2. The molecular formula is C33H25NO2S. The van der Waals surface area contributed by atoms with E-state index in [2.05, 4.69) is 67.3 Å². The maximum atomic E-state index is 13.5. The van der Waals surface area contributed by atoms with Crippen molar-refractivity contribution in [2.75, 3.05) is 4.90 Å². The predicted octanol–water partition coefficient (Wildman–Crippen LogP) is 8.28. The highest BCUT2D eigenvalue weighted by molar-refractivity contribution is 7.92. The number of rotatable bonds is 2. The van der Waals surface area contributed by atoms with Crippen molar-refractivity contribution in [2.24, 2.45) is 0 Å². The molecule has 2 heterocycles. The van der Waals surface area contributed by atoms with E-state index in [1.807, 2.05) is 54.6 Å². The number of hydrogen-bond donors (Lipinski definition) is 0. The van der Waals surface area contributed by atoms with E-state index in [0.29, 0.717) is 9.79 Å². The summed E-state index contributed by atoms with van der Waals surface area (Å²) in [5, 5.41) is 0. The van der Waals surface area contributed by atoms with Crippen LogP contribution in [0, 0.1) is 0 Å². The van der Waals surface area contributed by atoms with Crippen LogP contribution in [-0.4, -0.2) is 8.42 Å². The molecule has 0 bridgehead atoms. The first-order valence-corrected chi connectivity index (χ1v) is 13.9. The first-order chi connectivity index (χ1) is 17.9. The Morgan fingerprint density at radius 3 is 1.76 bits per heavy atom. The third-order valence-electron chi connectivity index (χ3n) is 7.81. The van der Waals surface area contributed by atoms with Crippen LogP contribution in [-0.2, 0) is 15.3 Å². The summed E-state index contributed by atoms with van der Waals surface area (Å²) in [4.78, 5) is 3.01. The zero-order valence-corrected chi connectivity index (χ0v) is 21.5. The summed E-state index contributed by atoms with van der Waals surface area (Å²) in [5.74, 6) is 0. The van der Waals surface area contributed by atoms with Crippen LogP contribution < -0.4 is 4.90 Å². The Labute approximate surface area is 217 Å². The van der Waals surface area contributed by atoms with Crippen molar-refractivity contribution in [1.29, 1.82) is 0 Å². The molecule has 2 aliphatic rings. The molecule has 4 heteroatoms. The molecule has 0 spiro atoms. The van der Waals surface area contributed by atoms with Gasteiger partial charge in [0.25, 0.3) is 0 Å². The van der Waals surface area contributed by atoms with Gasteiger partial charge in [0, 0.05) is 22.2 Å². The lowest BCUT2D eigenvalue weighted by Gasteiger charge is -2.42. The molecule has 5 aromatic carbocycles. The molecule has 37 heavy (non-hydrogen) atoms. The van der Waals surface area contributed by atoms with Crippen molar-refractivity contribution >= 4 is 26.9 Å². The van der Waals surface area contributed by atoms with Crippen LogP contribution in [0.4, 0.5) is 17.1 Å². The quantitative estimate of drug-likeness (QED) is 0.241. The van der Waals surface area contributed by atoms with Gasteiger partial charge in [-0.2, -0.15) is 0 Å². The van der Waals surface area contributed by atoms with Gasteiger partial charge < -0.3 is 4.90 Å². The SMILES string of the molecule is CC1(C)c2ccccc2N(c2ccc3c(c2)-c2cc(-c4ccccc4)ccc2S3(=O)=O)c2ccccc21. The van der Waals surface area contributed by atoms with Crippen molar-refractivity contribution in [1.82, 2.24) is 0 Å². The van der Waals surface area contributed by atoms with Crippen molar-refractivity contribution in [3.8, 4) is 22.3 Å². The zero-order chi connectivity index (χ0) is 25.4. The fraction of sp³-hybridized carbons (Fsp3) is 0.0909. The maximum absolute atomic E-state index is 13.5. The molecule has 180 valence electrons. The van der Waals surface area contributed by atoms with Crippen LogP contribution in [0.3, 0.4) is 0 Å². The lowest BCUT2D eigenvalue weighted by atomic mass is 9.73. The molecule has 0 fully saturated rings.